The van der Waals surface area contributed by atoms with E-state index in [-0.39, 0.29) is 19.0 Å². The van der Waals surface area contributed by atoms with Crippen molar-refractivity contribution in [3.8, 4) is 0 Å². The Bertz CT molecular complexity index is 819. The molecule has 24 heavy (non-hydrogen) atoms. The van der Waals surface area contributed by atoms with Crippen molar-refractivity contribution in [2.24, 2.45) is 0 Å². The van der Waals surface area contributed by atoms with E-state index in [0.717, 1.165) is 22.7 Å². The average molecular weight is 351 g/mol. The lowest BCUT2D eigenvalue weighted by molar-refractivity contribution is -0.122. The second kappa shape index (κ2) is 6.94. The van der Waals surface area contributed by atoms with Crippen molar-refractivity contribution >= 4 is 26.8 Å². The highest BCUT2D eigenvalue weighted by atomic mass is 32.2. The van der Waals surface area contributed by atoms with E-state index in [1.165, 1.54) is 4.31 Å². The van der Waals surface area contributed by atoms with Crippen molar-refractivity contribution in [3.05, 3.63) is 36.0 Å². The van der Waals surface area contributed by atoms with Crippen LogP contribution in [-0.4, -0.2) is 48.5 Å². The smallest absolute Gasteiger partial charge is 0.235 e. The molecule has 0 fully saturated rings. The van der Waals surface area contributed by atoms with Gasteiger partial charge >= 0.3 is 0 Å². The number of benzene rings is 1. The van der Waals surface area contributed by atoms with Gasteiger partial charge in [-0.05, 0) is 38.8 Å². The molecule has 7 heteroatoms. The highest BCUT2D eigenvalue weighted by molar-refractivity contribution is 7.88. The zero-order chi connectivity index (χ0) is 18.0. The second-order valence-corrected chi connectivity index (χ2v) is 8.99. The maximum atomic E-state index is 12.1. The number of hydrogen-bond acceptors (Lipinski definition) is 3. The number of sulfonamides is 1. The van der Waals surface area contributed by atoms with Gasteiger partial charge in [0.2, 0.25) is 15.9 Å². The molecule has 1 aromatic carbocycles. The first kappa shape index (κ1) is 18.5. The zero-order valence-corrected chi connectivity index (χ0v) is 15.4. The van der Waals surface area contributed by atoms with Crippen molar-refractivity contribution in [1.29, 1.82) is 0 Å². The van der Waals surface area contributed by atoms with Crippen LogP contribution < -0.4 is 5.32 Å². The van der Waals surface area contributed by atoms with E-state index in [1.807, 2.05) is 51.2 Å². The predicted octanol–water partition coefficient (Wildman–Crippen LogP) is 1.89. The summed E-state index contributed by atoms with van der Waals surface area (Å²) >= 11 is 0. The van der Waals surface area contributed by atoms with Crippen LogP contribution in [0.1, 0.15) is 26.3 Å². The summed E-state index contributed by atoms with van der Waals surface area (Å²) in [6.07, 6.45) is 3.56. The molecule has 0 aliphatic heterocycles. The molecule has 2 aromatic rings. The van der Waals surface area contributed by atoms with Gasteiger partial charge in [-0.15, -0.1) is 0 Å². The van der Waals surface area contributed by atoms with Gasteiger partial charge in [0.15, 0.2) is 0 Å². The van der Waals surface area contributed by atoms with Gasteiger partial charge in [0.25, 0.3) is 0 Å². The van der Waals surface area contributed by atoms with Crippen molar-refractivity contribution in [3.63, 3.8) is 0 Å². The third-order valence-electron chi connectivity index (χ3n) is 3.61. The number of hydrogen-bond donors (Lipinski definition) is 2. The van der Waals surface area contributed by atoms with E-state index in [4.69, 9.17) is 0 Å². The highest BCUT2D eigenvalue weighted by Crippen LogP contribution is 2.18. The lowest BCUT2D eigenvalue weighted by atomic mass is 10.1. The predicted molar refractivity (Wildman–Crippen MR) is 96.3 cm³/mol. The number of fused-ring (bicyclic) bond motifs is 1. The topological polar surface area (TPSA) is 82.3 Å². The first-order valence-electron chi connectivity index (χ1n) is 7.87. The third kappa shape index (κ3) is 5.07. The molecule has 132 valence electrons. The van der Waals surface area contributed by atoms with Crippen LogP contribution in [0.2, 0.25) is 0 Å². The fraction of sp³-hybridized carbons (Fsp3) is 0.471. The zero-order valence-electron chi connectivity index (χ0n) is 14.6. The standard InChI is InChI=1S/C17H25N3O3S/c1-17(2,3)19-16(21)12-20(24(4,22)23)10-9-13-11-18-15-8-6-5-7-14(13)15/h5-8,11,18H,9-10,12H2,1-4H3,(H,19,21). The molecular weight excluding hydrogens is 326 g/mol. The number of aromatic amines is 1. The van der Waals surface area contributed by atoms with E-state index in [2.05, 4.69) is 10.3 Å². The lowest BCUT2D eigenvalue weighted by Gasteiger charge is -2.24. The van der Waals surface area contributed by atoms with Crippen LogP contribution in [0.3, 0.4) is 0 Å². The molecule has 0 unspecified atom stereocenters. The van der Waals surface area contributed by atoms with E-state index >= 15 is 0 Å². The fourth-order valence-electron chi connectivity index (χ4n) is 2.56. The minimum absolute atomic E-state index is 0.168. The lowest BCUT2D eigenvalue weighted by Crippen LogP contribution is -2.47. The Morgan fingerprint density at radius 1 is 1.25 bits per heavy atom. The molecule has 2 rings (SSSR count). The van der Waals surface area contributed by atoms with Crippen LogP contribution in [0, 0.1) is 0 Å². The molecule has 0 aliphatic carbocycles. The van der Waals surface area contributed by atoms with Crippen LogP contribution >= 0.6 is 0 Å². The molecule has 0 saturated carbocycles. The van der Waals surface area contributed by atoms with Crippen molar-refractivity contribution in [2.45, 2.75) is 32.7 Å². The number of nitrogens with one attached hydrogen (secondary N) is 2. The largest absolute Gasteiger partial charge is 0.361 e. The van der Waals surface area contributed by atoms with Crippen LogP contribution in [0.15, 0.2) is 30.5 Å². The first-order valence-corrected chi connectivity index (χ1v) is 9.72. The molecule has 0 bridgehead atoms. The van der Waals surface area contributed by atoms with E-state index in [1.54, 1.807) is 0 Å². The average Bonchev–Trinajstić information content (AvgIpc) is 2.83. The maximum absolute atomic E-state index is 12.1. The van der Waals surface area contributed by atoms with Crippen LogP contribution in [0.4, 0.5) is 0 Å². The number of rotatable bonds is 6. The number of carbonyl (C=O) groups is 1. The summed E-state index contributed by atoms with van der Waals surface area (Å²) in [5, 5.41) is 3.87. The van der Waals surface area contributed by atoms with E-state index in [9.17, 15) is 13.2 Å². The molecule has 2 N–H and O–H groups in total. The summed E-state index contributed by atoms with van der Waals surface area (Å²) < 4.78 is 25.2. The highest BCUT2D eigenvalue weighted by Gasteiger charge is 2.22. The summed E-state index contributed by atoms with van der Waals surface area (Å²) in [7, 11) is -3.46. The maximum Gasteiger partial charge on any atom is 0.235 e. The quantitative estimate of drug-likeness (QED) is 0.834. The molecule has 0 atom stereocenters. The number of H-pyrrole nitrogens is 1. The summed E-state index contributed by atoms with van der Waals surface area (Å²) in [6, 6.07) is 7.87. The Balaban J connectivity index is 2.08. The van der Waals surface area contributed by atoms with Crippen molar-refractivity contribution < 1.29 is 13.2 Å². The molecule has 0 aliphatic rings. The number of nitrogens with zero attached hydrogens (tertiary/aromatic N) is 1. The van der Waals surface area contributed by atoms with Gasteiger partial charge in [-0.3, -0.25) is 4.79 Å². The van der Waals surface area contributed by atoms with Crippen molar-refractivity contribution in [2.75, 3.05) is 19.3 Å². The van der Waals surface area contributed by atoms with Gasteiger partial charge in [-0.2, -0.15) is 4.31 Å². The molecule has 6 nitrogen and oxygen atoms in total. The number of aromatic nitrogens is 1. The van der Waals surface area contributed by atoms with Gasteiger partial charge < -0.3 is 10.3 Å². The Hall–Kier alpha value is -1.86. The Morgan fingerprint density at radius 2 is 1.92 bits per heavy atom. The Kier molecular flexibility index (Phi) is 5.35. The van der Waals surface area contributed by atoms with Gasteiger partial charge in [-0.1, -0.05) is 18.2 Å². The van der Waals surface area contributed by atoms with E-state index in [0.29, 0.717) is 6.42 Å². The van der Waals surface area contributed by atoms with Crippen LogP contribution in [-0.2, 0) is 21.2 Å². The molecule has 1 heterocycles. The first-order chi connectivity index (χ1) is 11.1. The normalized spacial score (nSPS) is 12.7. The van der Waals surface area contributed by atoms with Crippen molar-refractivity contribution in [1.82, 2.24) is 14.6 Å². The second-order valence-electron chi connectivity index (χ2n) is 7.00. The number of para-hydroxylation sites is 1. The number of amides is 1. The monoisotopic (exact) mass is 351 g/mol. The molecule has 0 spiro atoms. The minimum atomic E-state index is -3.46. The summed E-state index contributed by atoms with van der Waals surface area (Å²) in [6.45, 7) is 5.68. The minimum Gasteiger partial charge on any atom is -0.361 e. The summed E-state index contributed by atoms with van der Waals surface area (Å²) in [4.78, 5) is 15.2. The van der Waals surface area contributed by atoms with Crippen LogP contribution in [0.5, 0.6) is 0 Å². The molecule has 0 radical (unpaired) electrons. The molecule has 1 amide bonds. The molecule has 0 saturated heterocycles. The number of carbonyl (C=O) groups excluding carboxylic acids is 1. The van der Waals surface area contributed by atoms with Crippen LogP contribution in [0.25, 0.3) is 10.9 Å². The SMILES string of the molecule is CC(C)(C)NC(=O)CN(CCc1c[nH]c2ccccc12)S(C)(=O)=O. The van der Waals surface area contributed by atoms with Gasteiger partial charge in [0, 0.05) is 29.2 Å². The Labute approximate surface area is 143 Å². The molecule has 1 aromatic heterocycles. The Morgan fingerprint density at radius 3 is 2.54 bits per heavy atom. The van der Waals surface area contributed by atoms with Gasteiger partial charge in [0.05, 0.1) is 12.8 Å². The summed E-state index contributed by atoms with van der Waals surface area (Å²) in [5.41, 5.74) is 1.66. The van der Waals surface area contributed by atoms with Gasteiger partial charge in [-0.25, -0.2) is 8.42 Å². The fourth-order valence-corrected chi connectivity index (χ4v) is 3.34. The third-order valence-corrected chi connectivity index (χ3v) is 4.86. The summed E-state index contributed by atoms with van der Waals surface area (Å²) in [5.74, 6) is -0.299. The van der Waals surface area contributed by atoms with E-state index < -0.39 is 15.6 Å². The van der Waals surface area contributed by atoms with Gasteiger partial charge in [0.1, 0.15) is 0 Å². The molecular formula is C17H25N3O3S.